The van der Waals surface area contributed by atoms with Crippen molar-refractivity contribution in [2.45, 2.75) is 70.7 Å². The quantitative estimate of drug-likeness (QED) is 0.0590. The molecular formula is C48H52FN3O5. The summed E-state index contributed by atoms with van der Waals surface area (Å²) in [5, 5.41) is 36.2. The molecule has 0 spiro atoms. The highest BCUT2D eigenvalue weighted by molar-refractivity contribution is 6.12. The number of nitrogens with one attached hydrogen (secondary N) is 2. The molecule has 0 aliphatic carbocycles. The second kappa shape index (κ2) is 21.4. The van der Waals surface area contributed by atoms with Crippen LogP contribution in [-0.4, -0.2) is 50.5 Å². The number of carboxylic acid groups (broad SMARTS) is 1. The monoisotopic (exact) mass is 769 g/mol. The lowest BCUT2D eigenvalue weighted by Gasteiger charge is -2.20. The fourth-order valence-electron chi connectivity index (χ4n) is 6.91. The van der Waals surface area contributed by atoms with Gasteiger partial charge < -0.3 is 30.5 Å². The van der Waals surface area contributed by atoms with Gasteiger partial charge in [-0.1, -0.05) is 123 Å². The minimum Gasteiger partial charge on any atom is -0.481 e. The van der Waals surface area contributed by atoms with Crippen LogP contribution >= 0.6 is 0 Å². The number of amides is 1. The van der Waals surface area contributed by atoms with E-state index >= 15 is 0 Å². The molecule has 5 aromatic carbocycles. The van der Waals surface area contributed by atoms with Crippen LogP contribution in [0.15, 0.2) is 146 Å². The predicted octanol–water partition coefficient (Wildman–Crippen LogP) is 9.33. The van der Waals surface area contributed by atoms with Crippen LogP contribution in [0.4, 0.5) is 10.1 Å². The number of benzene rings is 5. The van der Waals surface area contributed by atoms with Gasteiger partial charge in [0.2, 0.25) is 0 Å². The number of anilines is 1. The first-order valence-corrected chi connectivity index (χ1v) is 19.4. The molecule has 1 amide bonds. The summed E-state index contributed by atoms with van der Waals surface area (Å²) in [5.74, 6) is -1.93. The number of aliphatic hydroxyl groups is 2. The zero-order valence-electron chi connectivity index (χ0n) is 32.5. The molecule has 0 unspecified atom stereocenters. The van der Waals surface area contributed by atoms with Crippen molar-refractivity contribution in [2.75, 3.05) is 11.9 Å². The lowest BCUT2D eigenvalue weighted by molar-refractivity contribution is -0.139. The highest BCUT2D eigenvalue weighted by atomic mass is 19.1. The van der Waals surface area contributed by atoms with Crippen molar-refractivity contribution in [1.29, 1.82) is 0 Å². The number of hydrogen-bond acceptors (Lipinski definition) is 5. The molecule has 9 heteroatoms. The summed E-state index contributed by atoms with van der Waals surface area (Å²) < 4.78 is 16.0. The maximum Gasteiger partial charge on any atom is 0.305 e. The van der Waals surface area contributed by atoms with Gasteiger partial charge in [-0.05, 0) is 90.4 Å². The second-order valence-corrected chi connectivity index (χ2v) is 14.3. The van der Waals surface area contributed by atoms with Gasteiger partial charge >= 0.3 is 5.97 Å². The van der Waals surface area contributed by atoms with Crippen molar-refractivity contribution < 1.29 is 29.3 Å². The Bertz CT molecular complexity index is 2080. The van der Waals surface area contributed by atoms with Crippen molar-refractivity contribution in [3.05, 3.63) is 174 Å². The Morgan fingerprint density at radius 3 is 1.84 bits per heavy atom. The van der Waals surface area contributed by atoms with Crippen molar-refractivity contribution >= 4 is 17.6 Å². The van der Waals surface area contributed by atoms with Gasteiger partial charge in [-0.15, -0.1) is 0 Å². The van der Waals surface area contributed by atoms with Gasteiger partial charge in [0.25, 0.3) is 5.91 Å². The summed E-state index contributed by atoms with van der Waals surface area (Å²) in [7, 11) is 0. The molecule has 2 atom stereocenters. The molecule has 1 heterocycles. The predicted molar refractivity (Wildman–Crippen MR) is 226 cm³/mol. The first-order valence-electron chi connectivity index (χ1n) is 19.4. The van der Waals surface area contributed by atoms with Gasteiger partial charge in [-0.25, -0.2) is 4.39 Å². The summed E-state index contributed by atoms with van der Waals surface area (Å²) in [4.78, 5) is 25.0. The van der Waals surface area contributed by atoms with Crippen molar-refractivity contribution in [3.8, 4) is 22.4 Å². The smallest absolute Gasteiger partial charge is 0.305 e. The van der Waals surface area contributed by atoms with E-state index in [1.807, 2.05) is 85.1 Å². The highest BCUT2D eigenvalue weighted by Gasteiger charge is 2.31. The van der Waals surface area contributed by atoms with Crippen LogP contribution in [-0.2, 0) is 24.3 Å². The molecule has 57 heavy (non-hydrogen) atoms. The zero-order chi connectivity index (χ0) is 40.6. The maximum atomic E-state index is 14.0. The maximum absolute atomic E-state index is 14.0. The van der Waals surface area contributed by atoms with Crippen LogP contribution in [0.2, 0.25) is 0 Å². The van der Waals surface area contributed by atoms with Crippen LogP contribution in [0.5, 0.6) is 0 Å². The largest absolute Gasteiger partial charge is 0.481 e. The molecule has 0 aliphatic heterocycles. The number of carbonyl (C=O) groups is 2. The fraction of sp³-hybridized carbons (Fsp3) is 0.250. The molecule has 0 saturated carbocycles. The molecule has 0 radical (unpaired) electrons. The normalized spacial score (nSPS) is 12.0. The van der Waals surface area contributed by atoms with E-state index in [1.165, 1.54) is 23.3 Å². The van der Waals surface area contributed by atoms with Gasteiger partial charge in [-0.3, -0.25) is 9.59 Å². The Hall–Kier alpha value is -5.87. The number of nitrogens with zero attached hydrogens (tertiary/aromatic N) is 1. The first-order chi connectivity index (χ1) is 27.6. The van der Waals surface area contributed by atoms with Gasteiger partial charge in [0, 0.05) is 30.0 Å². The van der Waals surface area contributed by atoms with Crippen LogP contribution in [0.25, 0.3) is 22.4 Å². The Morgan fingerprint density at radius 2 is 1.26 bits per heavy atom. The Morgan fingerprint density at radius 1 is 0.702 bits per heavy atom. The third-order valence-corrected chi connectivity index (χ3v) is 9.53. The summed E-state index contributed by atoms with van der Waals surface area (Å²) in [6.45, 7) is 6.23. The number of aliphatic hydroxyl groups excluding tert-OH is 2. The number of aromatic nitrogens is 1. The molecule has 0 fully saturated rings. The van der Waals surface area contributed by atoms with E-state index in [9.17, 15) is 24.2 Å². The number of carbonyl (C=O) groups excluding carboxylic acids is 1. The van der Waals surface area contributed by atoms with E-state index in [-0.39, 0.29) is 37.0 Å². The standard InChI is InChI=1S/C33H35FN2O5.C15H17N/c1-21(2)31-30(33(41)35-25-11-7-4-8-12-25)29(22-9-5-3-6-10-22)32(23-13-15-24(34)16-14-23)36(31)18-17-26(37)19-27(38)20-28(39)40;1-3-7-14(8-4-1)11-12-16-13-15-9-5-2-6-10-15/h3-16,21,26-27,37-38H,17-20H2,1-2H3,(H,35,41)(H,39,40);1-10,16H,11-13H2/t26-,27-;/m1./s1. The van der Waals surface area contributed by atoms with E-state index in [0.29, 0.717) is 28.1 Å². The molecule has 1 aromatic heterocycles. The molecule has 296 valence electrons. The van der Waals surface area contributed by atoms with Crippen LogP contribution in [0, 0.1) is 5.82 Å². The first kappa shape index (κ1) is 42.3. The third kappa shape index (κ3) is 12.6. The van der Waals surface area contributed by atoms with Crippen molar-refractivity contribution in [1.82, 2.24) is 9.88 Å². The molecular weight excluding hydrogens is 718 g/mol. The molecule has 6 aromatic rings. The number of hydrogen-bond donors (Lipinski definition) is 5. The van der Waals surface area contributed by atoms with Crippen molar-refractivity contribution in [3.63, 3.8) is 0 Å². The van der Waals surface area contributed by atoms with Gasteiger partial charge in [-0.2, -0.15) is 0 Å². The van der Waals surface area contributed by atoms with E-state index in [4.69, 9.17) is 5.11 Å². The molecule has 6 rings (SSSR count). The fourth-order valence-corrected chi connectivity index (χ4v) is 6.91. The molecule has 5 N–H and O–H groups in total. The van der Waals surface area contributed by atoms with Crippen LogP contribution in [0.3, 0.4) is 0 Å². The lowest BCUT2D eigenvalue weighted by Crippen LogP contribution is -2.22. The topological polar surface area (TPSA) is 124 Å². The van der Waals surface area contributed by atoms with E-state index in [0.717, 1.165) is 30.8 Å². The average Bonchev–Trinajstić information content (AvgIpc) is 3.56. The summed E-state index contributed by atoms with van der Waals surface area (Å²) in [6, 6.07) is 45.9. The van der Waals surface area contributed by atoms with Gasteiger partial charge in [0.05, 0.1) is 29.9 Å². The minimum absolute atomic E-state index is 0.0939. The summed E-state index contributed by atoms with van der Waals surface area (Å²) >= 11 is 0. The number of para-hydroxylation sites is 1. The van der Waals surface area contributed by atoms with E-state index in [2.05, 4.69) is 65.2 Å². The lowest BCUT2D eigenvalue weighted by atomic mass is 9.94. The van der Waals surface area contributed by atoms with E-state index in [1.54, 1.807) is 12.1 Å². The summed E-state index contributed by atoms with van der Waals surface area (Å²) in [5.41, 5.74) is 7.51. The van der Waals surface area contributed by atoms with Crippen LogP contribution in [0.1, 0.15) is 66.2 Å². The summed E-state index contributed by atoms with van der Waals surface area (Å²) in [6.07, 6.45) is -1.42. The second-order valence-electron chi connectivity index (χ2n) is 14.3. The van der Waals surface area contributed by atoms with Gasteiger partial charge in [0.1, 0.15) is 5.82 Å². The van der Waals surface area contributed by atoms with Crippen molar-refractivity contribution in [2.24, 2.45) is 0 Å². The Labute approximate surface area is 334 Å². The number of aliphatic carboxylic acids is 1. The Balaban J connectivity index is 0.000000322. The molecule has 0 aliphatic rings. The minimum atomic E-state index is -1.18. The molecule has 8 nitrogen and oxygen atoms in total. The molecule has 0 saturated heterocycles. The van der Waals surface area contributed by atoms with Crippen LogP contribution < -0.4 is 10.6 Å². The Kier molecular flexibility index (Phi) is 15.9. The average molecular weight is 770 g/mol. The van der Waals surface area contributed by atoms with Gasteiger partial charge in [0.15, 0.2) is 0 Å². The number of halogens is 1. The SMILES string of the molecule is CC(C)c1c(C(=O)Nc2ccccc2)c(-c2ccccc2)c(-c2ccc(F)cc2)n1CC[C@@H](O)C[C@@H](O)CC(=O)O.c1ccc(CCNCc2ccccc2)cc1. The zero-order valence-corrected chi connectivity index (χ0v) is 32.5. The highest BCUT2D eigenvalue weighted by Crippen LogP contribution is 2.42. The third-order valence-electron chi connectivity index (χ3n) is 9.53. The molecule has 0 bridgehead atoms. The number of carboxylic acids is 1. The number of rotatable bonds is 17. The van der Waals surface area contributed by atoms with E-state index < -0.39 is 24.6 Å².